The average Bonchev–Trinajstić information content (AvgIpc) is 2.18. The zero-order valence-corrected chi connectivity index (χ0v) is 7.93. The fourth-order valence-electron chi connectivity index (χ4n) is 1.27. The van der Waals surface area contributed by atoms with Crippen molar-refractivity contribution in [3.63, 3.8) is 0 Å². The van der Waals surface area contributed by atoms with Crippen LogP contribution >= 0.6 is 11.6 Å². The SMILES string of the molecule is COc1[c]cc2cccc(Cl)c2c1. The number of methoxy groups -OCH3 is 1. The minimum atomic E-state index is 0.709. The van der Waals surface area contributed by atoms with Crippen molar-refractivity contribution in [3.05, 3.63) is 41.4 Å². The number of fused-ring (bicyclic) bond motifs is 1. The molecule has 0 bridgehead atoms. The highest BCUT2D eigenvalue weighted by molar-refractivity contribution is 6.35. The first-order chi connectivity index (χ1) is 6.31. The molecule has 2 aromatic carbocycles. The van der Waals surface area contributed by atoms with E-state index in [2.05, 4.69) is 6.07 Å². The molecule has 0 N–H and O–H groups in total. The van der Waals surface area contributed by atoms with Crippen molar-refractivity contribution in [2.45, 2.75) is 0 Å². The van der Waals surface area contributed by atoms with Gasteiger partial charge in [0.1, 0.15) is 5.75 Å². The van der Waals surface area contributed by atoms with Crippen molar-refractivity contribution >= 4 is 22.4 Å². The maximum absolute atomic E-state index is 6.02. The molecule has 2 rings (SSSR count). The second-order valence-electron chi connectivity index (χ2n) is 2.74. The van der Waals surface area contributed by atoms with Crippen LogP contribution in [0, 0.1) is 6.07 Å². The highest BCUT2D eigenvalue weighted by Crippen LogP contribution is 2.26. The van der Waals surface area contributed by atoms with Gasteiger partial charge in [-0.25, -0.2) is 0 Å². The van der Waals surface area contributed by atoms with Gasteiger partial charge in [0.25, 0.3) is 0 Å². The summed E-state index contributed by atoms with van der Waals surface area (Å²) >= 11 is 6.02. The van der Waals surface area contributed by atoms with E-state index in [1.807, 2.05) is 30.3 Å². The van der Waals surface area contributed by atoms with Gasteiger partial charge >= 0.3 is 0 Å². The molecule has 0 aliphatic rings. The molecule has 0 amide bonds. The van der Waals surface area contributed by atoms with Crippen molar-refractivity contribution in [1.29, 1.82) is 0 Å². The normalized spacial score (nSPS) is 10.3. The van der Waals surface area contributed by atoms with Crippen LogP contribution in [-0.2, 0) is 0 Å². The minimum absolute atomic E-state index is 0.709. The summed E-state index contributed by atoms with van der Waals surface area (Å²) in [5.74, 6) is 0.709. The van der Waals surface area contributed by atoms with Crippen LogP contribution in [0.25, 0.3) is 10.8 Å². The van der Waals surface area contributed by atoms with E-state index in [9.17, 15) is 0 Å². The first-order valence-corrected chi connectivity index (χ1v) is 4.33. The summed E-state index contributed by atoms with van der Waals surface area (Å²) < 4.78 is 5.06. The molecule has 1 radical (unpaired) electrons. The lowest BCUT2D eigenvalue weighted by atomic mass is 10.1. The first-order valence-electron chi connectivity index (χ1n) is 3.95. The summed E-state index contributed by atoms with van der Waals surface area (Å²) in [6, 6.07) is 12.6. The molecule has 2 aromatic rings. The first kappa shape index (κ1) is 8.39. The molecule has 0 heterocycles. The second-order valence-corrected chi connectivity index (χ2v) is 3.15. The third kappa shape index (κ3) is 1.47. The molecule has 0 saturated heterocycles. The van der Waals surface area contributed by atoms with Crippen LogP contribution in [0.4, 0.5) is 0 Å². The minimum Gasteiger partial charge on any atom is -0.496 e. The van der Waals surface area contributed by atoms with Gasteiger partial charge in [0.15, 0.2) is 0 Å². The molecule has 0 fully saturated rings. The van der Waals surface area contributed by atoms with Gasteiger partial charge in [-0.2, -0.15) is 0 Å². The Labute approximate surface area is 81.9 Å². The van der Waals surface area contributed by atoms with Gasteiger partial charge in [-0.1, -0.05) is 23.7 Å². The van der Waals surface area contributed by atoms with Gasteiger partial charge in [0.05, 0.1) is 7.11 Å². The van der Waals surface area contributed by atoms with E-state index in [-0.39, 0.29) is 0 Å². The van der Waals surface area contributed by atoms with Crippen LogP contribution < -0.4 is 4.74 Å². The van der Waals surface area contributed by atoms with Gasteiger partial charge in [0, 0.05) is 16.5 Å². The lowest BCUT2D eigenvalue weighted by Gasteiger charge is -2.02. The van der Waals surface area contributed by atoms with Crippen LogP contribution in [0.15, 0.2) is 30.3 Å². The monoisotopic (exact) mass is 191 g/mol. The van der Waals surface area contributed by atoms with Crippen LogP contribution in [0.1, 0.15) is 0 Å². The summed E-state index contributed by atoms with van der Waals surface area (Å²) in [6.07, 6.45) is 0. The Morgan fingerprint density at radius 1 is 1.38 bits per heavy atom. The van der Waals surface area contributed by atoms with E-state index in [1.165, 1.54) is 0 Å². The standard InChI is InChI=1S/C11H8ClO/c1-13-9-6-5-8-3-2-4-11(12)10(8)7-9/h2-5,7H,1H3. The molecule has 0 saturated carbocycles. The third-order valence-corrected chi connectivity index (χ3v) is 2.28. The highest BCUT2D eigenvalue weighted by atomic mass is 35.5. The second kappa shape index (κ2) is 3.27. The molecule has 0 atom stereocenters. The van der Waals surface area contributed by atoms with Gasteiger partial charge < -0.3 is 4.74 Å². The summed E-state index contributed by atoms with van der Waals surface area (Å²) in [6.45, 7) is 0. The van der Waals surface area contributed by atoms with E-state index in [0.717, 1.165) is 15.8 Å². The Balaban J connectivity index is 2.74. The average molecular weight is 192 g/mol. The van der Waals surface area contributed by atoms with Crippen LogP contribution in [0.3, 0.4) is 0 Å². The fraction of sp³-hybridized carbons (Fsp3) is 0.0909. The number of halogens is 1. The van der Waals surface area contributed by atoms with Crippen LogP contribution in [0.5, 0.6) is 5.75 Å². The van der Waals surface area contributed by atoms with Gasteiger partial charge in [-0.05, 0) is 23.6 Å². The zero-order chi connectivity index (χ0) is 9.26. The van der Waals surface area contributed by atoms with E-state index < -0.39 is 0 Å². The summed E-state index contributed by atoms with van der Waals surface area (Å²) in [5, 5.41) is 2.82. The number of rotatable bonds is 1. The van der Waals surface area contributed by atoms with Crippen molar-refractivity contribution in [2.24, 2.45) is 0 Å². The lowest BCUT2D eigenvalue weighted by Crippen LogP contribution is -1.82. The quantitative estimate of drug-likeness (QED) is 0.672. The van der Waals surface area contributed by atoms with Gasteiger partial charge in [-0.3, -0.25) is 0 Å². The molecule has 0 spiro atoms. The van der Waals surface area contributed by atoms with Crippen LogP contribution in [-0.4, -0.2) is 7.11 Å². The Morgan fingerprint density at radius 3 is 3.00 bits per heavy atom. The number of hydrogen-bond donors (Lipinski definition) is 0. The van der Waals surface area contributed by atoms with E-state index in [1.54, 1.807) is 7.11 Å². The molecule has 0 aliphatic heterocycles. The van der Waals surface area contributed by atoms with Crippen LogP contribution in [0.2, 0.25) is 5.02 Å². The van der Waals surface area contributed by atoms with Gasteiger partial charge in [0.2, 0.25) is 0 Å². The number of benzene rings is 2. The molecule has 0 aromatic heterocycles. The van der Waals surface area contributed by atoms with E-state index in [0.29, 0.717) is 5.75 Å². The van der Waals surface area contributed by atoms with E-state index >= 15 is 0 Å². The summed E-state index contributed by atoms with van der Waals surface area (Å²) in [5.41, 5.74) is 0. The Bertz CT molecular complexity index is 437. The smallest absolute Gasteiger partial charge is 0.127 e. The van der Waals surface area contributed by atoms with Gasteiger partial charge in [-0.15, -0.1) is 0 Å². The molecule has 13 heavy (non-hydrogen) atoms. The lowest BCUT2D eigenvalue weighted by molar-refractivity contribution is 0.414. The molecule has 1 nitrogen and oxygen atoms in total. The summed E-state index contributed by atoms with van der Waals surface area (Å²) in [4.78, 5) is 0. The largest absolute Gasteiger partial charge is 0.496 e. The third-order valence-electron chi connectivity index (χ3n) is 1.95. The predicted molar refractivity (Wildman–Crippen MR) is 54.3 cm³/mol. The van der Waals surface area contributed by atoms with Crippen molar-refractivity contribution < 1.29 is 4.74 Å². The topological polar surface area (TPSA) is 9.23 Å². The molecular formula is C11H8ClO. The summed E-state index contributed by atoms with van der Waals surface area (Å²) in [7, 11) is 1.62. The highest BCUT2D eigenvalue weighted by Gasteiger charge is 1.99. The maximum atomic E-state index is 6.02. The molecule has 0 aliphatic carbocycles. The van der Waals surface area contributed by atoms with Crippen molar-refractivity contribution in [3.8, 4) is 5.75 Å². The predicted octanol–water partition coefficient (Wildman–Crippen LogP) is 3.30. The van der Waals surface area contributed by atoms with Crippen molar-refractivity contribution in [1.82, 2.24) is 0 Å². The number of hydrogen-bond acceptors (Lipinski definition) is 1. The molecule has 2 heteroatoms. The Morgan fingerprint density at radius 2 is 2.23 bits per heavy atom. The molecule has 0 unspecified atom stereocenters. The van der Waals surface area contributed by atoms with Crippen molar-refractivity contribution in [2.75, 3.05) is 7.11 Å². The molecular weight excluding hydrogens is 184 g/mol. The number of ether oxygens (including phenoxy) is 1. The Hall–Kier alpha value is -1.21. The fourth-order valence-corrected chi connectivity index (χ4v) is 1.51. The van der Waals surface area contributed by atoms with E-state index in [4.69, 9.17) is 16.3 Å². The zero-order valence-electron chi connectivity index (χ0n) is 7.17. The Kier molecular flexibility index (Phi) is 2.11. The maximum Gasteiger partial charge on any atom is 0.127 e. The molecule has 65 valence electrons.